The molecule has 22 heavy (non-hydrogen) atoms. The Morgan fingerprint density at radius 2 is 1.41 bits per heavy atom. The van der Waals surface area contributed by atoms with Crippen LogP contribution in [0.4, 0.5) is 0 Å². The van der Waals surface area contributed by atoms with Gasteiger partial charge in [0.2, 0.25) is 0 Å². The van der Waals surface area contributed by atoms with Gasteiger partial charge in [0.05, 0.1) is 5.56 Å². The molecule has 0 aliphatic carbocycles. The number of carbonyl (C=O) groups is 1. The Hall–Kier alpha value is -2.09. The molecule has 2 aromatic rings. The Kier molecular flexibility index (Phi) is 4.70. The van der Waals surface area contributed by atoms with Gasteiger partial charge in [0, 0.05) is 0 Å². The maximum Gasteiger partial charge on any atom is 0.335 e. The number of carboxylic acid groups (broad SMARTS) is 1. The molecule has 0 amide bonds. The minimum Gasteiger partial charge on any atom is -0.478 e. The number of aromatic carboxylic acids is 1. The smallest absolute Gasteiger partial charge is 0.335 e. The molecule has 2 nitrogen and oxygen atoms in total. The lowest BCUT2D eigenvalue weighted by Crippen LogP contribution is -2.09. The van der Waals surface area contributed by atoms with Crippen LogP contribution in [0.2, 0.25) is 0 Å². The number of carboxylic acids is 1. The standard InChI is InChI=1S/C20H24O2/c1-14(13-20(2,3)4)15-5-7-16(8-6-15)17-9-11-18(12-10-17)19(21)22/h5-12,14H,13H2,1-4H3,(H,21,22). The van der Waals surface area contributed by atoms with Crippen molar-refractivity contribution >= 4 is 5.97 Å². The average molecular weight is 296 g/mol. The van der Waals surface area contributed by atoms with E-state index in [0.29, 0.717) is 16.9 Å². The molecule has 2 rings (SSSR count). The topological polar surface area (TPSA) is 37.3 Å². The van der Waals surface area contributed by atoms with Crippen LogP contribution in [0.1, 0.15) is 56.0 Å². The molecular weight excluding hydrogens is 272 g/mol. The van der Waals surface area contributed by atoms with Crippen LogP contribution in [0, 0.1) is 5.41 Å². The second kappa shape index (κ2) is 6.35. The van der Waals surface area contributed by atoms with E-state index in [-0.39, 0.29) is 0 Å². The van der Waals surface area contributed by atoms with Crippen LogP contribution in [0.5, 0.6) is 0 Å². The molecule has 2 heteroatoms. The van der Waals surface area contributed by atoms with Crippen molar-refractivity contribution in [1.29, 1.82) is 0 Å². The molecule has 0 aromatic heterocycles. The zero-order valence-corrected chi connectivity index (χ0v) is 13.8. The molecule has 1 N–H and O–H groups in total. The molecule has 2 aromatic carbocycles. The minimum atomic E-state index is -0.891. The monoisotopic (exact) mass is 296 g/mol. The van der Waals surface area contributed by atoms with Crippen molar-refractivity contribution in [2.24, 2.45) is 5.41 Å². The second-order valence-corrected chi connectivity index (χ2v) is 7.17. The van der Waals surface area contributed by atoms with Gasteiger partial charge in [-0.25, -0.2) is 4.79 Å². The fraction of sp³-hybridized carbons (Fsp3) is 0.350. The zero-order chi connectivity index (χ0) is 16.3. The molecule has 0 saturated carbocycles. The number of rotatable bonds is 4. The van der Waals surface area contributed by atoms with Crippen LogP contribution in [0.3, 0.4) is 0 Å². The first kappa shape index (κ1) is 16.3. The summed E-state index contributed by atoms with van der Waals surface area (Å²) in [6.07, 6.45) is 1.15. The third-order valence-electron chi connectivity index (χ3n) is 3.86. The Balaban J connectivity index is 2.16. The molecule has 0 radical (unpaired) electrons. The molecular formula is C20H24O2. The molecule has 0 fully saturated rings. The molecule has 0 bridgehead atoms. The van der Waals surface area contributed by atoms with Crippen LogP contribution in [-0.4, -0.2) is 11.1 Å². The van der Waals surface area contributed by atoms with Crippen molar-refractivity contribution in [3.63, 3.8) is 0 Å². The molecule has 116 valence electrons. The summed E-state index contributed by atoms with van der Waals surface area (Å²) in [7, 11) is 0. The Morgan fingerprint density at radius 1 is 0.955 bits per heavy atom. The number of benzene rings is 2. The van der Waals surface area contributed by atoms with Gasteiger partial charge in [-0.1, -0.05) is 64.1 Å². The first-order valence-electron chi connectivity index (χ1n) is 7.70. The summed E-state index contributed by atoms with van der Waals surface area (Å²) in [5.74, 6) is -0.360. The summed E-state index contributed by atoms with van der Waals surface area (Å²) >= 11 is 0. The van der Waals surface area contributed by atoms with E-state index < -0.39 is 5.97 Å². The van der Waals surface area contributed by atoms with Gasteiger partial charge < -0.3 is 5.11 Å². The molecule has 0 heterocycles. The van der Waals surface area contributed by atoms with E-state index >= 15 is 0 Å². The zero-order valence-electron chi connectivity index (χ0n) is 13.8. The summed E-state index contributed by atoms with van der Waals surface area (Å²) in [4.78, 5) is 10.9. The van der Waals surface area contributed by atoms with Gasteiger partial charge in [-0.05, 0) is 46.6 Å². The largest absolute Gasteiger partial charge is 0.478 e. The predicted molar refractivity (Wildman–Crippen MR) is 91.3 cm³/mol. The van der Waals surface area contributed by atoms with Crippen molar-refractivity contribution in [2.75, 3.05) is 0 Å². The highest BCUT2D eigenvalue weighted by molar-refractivity contribution is 5.88. The minimum absolute atomic E-state index is 0.319. The fourth-order valence-electron chi connectivity index (χ4n) is 2.85. The van der Waals surface area contributed by atoms with Crippen LogP contribution >= 0.6 is 0 Å². The summed E-state index contributed by atoms with van der Waals surface area (Å²) in [6.45, 7) is 9.06. The van der Waals surface area contributed by atoms with E-state index in [1.807, 2.05) is 12.1 Å². The maximum atomic E-state index is 10.9. The van der Waals surface area contributed by atoms with Gasteiger partial charge in [0.15, 0.2) is 0 Å². The van der Waals surface area contributed by atoms with E-state index in [1.165, 1.54) is 5.56 Å². The highest BCUT2D eigenvalue weighted by Crippen LogP contribution is 2.31. The lowest BCUT2D eigenvalue weighted by Gasteiger charge is -2.23. The summed E-state index contributed by atoms with van der Waals surface area (Å²) in [5.41, 5.74) is 4.15. The van der Waals surface area contributed by atoms with Crippen molar-refractivity contribution in [2.45, 2.75) is 40.0 Å². The Bertz CT molecular complexity index is 631. The van der Waals surface area contributed by atoms with E-state index in [1.54, 1.807) is 12.1 Å². The van der Waals surface area contributed by atoms with E-state index in [0.717, 1.165) is 17.5 Å². The Morgan fingerprint density at radius 3 is 1.82 bits per heavy atom. The first-order valence-corrected chi connectivity index (χ1v) is 7.70. The third-order valence-corrected chi connectivity index (χ3v) is 3.86. The summed E-state index contributed by atoms with van der Waals surface area (Å²) in [5, 5.41) is 8.94. The highest BCUT2D eigenvalue weighted by atomic mass is 16.4. The summed E-state index contributed by atoms with van der Waals surface area (Å²) < 4.78 is 0. The number of hydrogen-bond donors (Lipinski definition) is 1. The molecule has 0 aliphatic rings. The second-order valence-electron chi connectivity index (χ2n) is 7.17. The average Bonchev–Trinajstić information content (AvgIpc) is 2.46. The van der Waals surface area contributed by atoms with Crippen molar-refractivity contribution in [3.8, 4) is 11.1 Å². The maximum absolute atomic E-state index is 10.9. The van der Waals surface area contributed by atoms with E-state index in [2.05, 4.69) is 52.0 Å². The first-order chi connectivity index (χ1) is 10.3. The van der Waals surface area contributed by atoms with Crippen molar-refractivity contribution in [3.05, 3.63) is 59.7 Å². The van der Waals surface area contributed by atoms with E-state index in [4.69, 9.17) is 5.11 Å². The SMILES string of the molecule is CC(CC(C)(C)C)c1ccc(-c2ccc(C(=O)O)cc2)cc1. The third kappa shape index (κ3) is 4.20. The van der Waals surface area contributed by atoms with Crippen LogP contribution in [-0.2, 0) is 0 Å². The molecule has 0 aliphatic heterocycles. The van der Waals surface area contributed by atoms with Gasteiger partial charge >= 0.3 is 5.97 Å². The quantitative estimate of drug-likeness (QED) is 0.798. The Labute approximate surface area is 132 Å². The van der Waals surface area contributed by atoms with Gasteiger partial charge in [-0.15, -0.1) is 0 Å². The van der Waals surface area contributed by atoms with Gasteiger partial charge in [-0.3, -0.25) is 0 Å². The fourth-order valence-corrected chi connectivity index (χ4v) is 2.85. The lowest BCUT2D eigenvalue weighted by atomic mass is 9.82. The normalized spacial score (nSPS) is 12.9. The number of hydrogen-bond acceptors (Lipinski definition) is 1. The van der Waals surface area contributed by atoms with Crippen LogP contribution in [0.15, 0.2) is 48.5 Å². The van der Waals surface area contributed by atoms with E-state index in [9.17, 15) is 4.79 Å². The van der Waals surface area contributed by atoms with Gasteiger partial charge in [0.25, 0.3) is 0 Å². The predicted octanol–water partition coefficient (Wildman–Crippen LogP) is 5.59. The highest BCUT2D eigenvalue weighted by Gasteiger charge is 2.16. The van der Waals surface area contributed by atoms with Crippen LogP contribution in [0.25, 0.3) is 11.1 Å². The molecule has 0 saturated heterocycles. The molecule has 1 unspecified atom stereocenters. The van der Waals surface area contributed by atoms with Crippen molar-refractivity contribution in [1.82, 2.24) is 0 Å². The lowest BCUT2D eigenvalue weighted by molar-refractivity contribution is 0.0697. The van der Waals surface area contributed by atoms with Crippen LogP contribution < -0.4 is 0 Å². The molecule has 0 spiro atoms. The van der Waals surface area contributed by atoms with Gasteiger partial charge in [0.1, 0.15) is 0 Å². The van der Waals surface area contributed by atoms with Crippen molar-refractivity contribution < 1.29 is 9.90 Å². The molecule has 1 atom stereocenters. The van der Waals surface area contributed by atoms with Gasteiger partial charge in [-0.2, -0.15) is 0 Å². The summed E-state index contributed by atoms with van der Waals surface area (Å²) in [6, 6.07) is 15.6.